The van der Waals surface area contributed by atoms with Crippen LogP contribution in [-0.2, 0) is 23.7 Å². The molecule has 0 bridgehead atoms. The normalized spacial score (nSPS) is 16.1. The number of likely N-dealkylation sites (tertiary alicyclic amines) is 1. The highest BCUT2D eigenvalue weighted by molar-refractivity contribution is 5.81. The molecule has 0 unspecified atom stereocenters. The Labute approximate surface area is 199 Å². The molecule has 35 heavy (non-hydrogen) atoms. The molecule has 5 N–H and O–H groups in total. The highest BCUT2D eigenvalue weighted by atomic mass is 19.4. The molecule has 7 nitrogen and oxygen atoms in total. The van der Waals surface area contributed by atoms with Crippen LogP contribution in [0.25, 0.3) is 0 Å². The summed E-state index contributed by atoms with van der Waals surface area (Å²) >= 11 is 0. The summed E-state index contributed by atoms with van der Waals surface area (Å²) in [6, 6.07) is -0.241. The first-order chi connectivity index (χ1) is 16.4. The number of alkyl halides is 6. The molecule has 3 amide bonds. The van der Waals surface area contributed by atoms with Crippen molar-refractivity contribution in [2.24, 2.45) is 5.73 Å². The van der Waals surface area contributed by atoms with E-state index in [0.717, 1.165) is 25.9 Å². The van der Waals surface area contributed by atoms with Crippen LogP contribution in [0.2, 0.25) is 0 Å². The van der Waals surface area contributed by atoms with Gasteiger partial charge in [-0.2, -0.15) is 26.3 Å². The van der Waals surface area contributed by atoms with E-state index in [9.17, 15) is 35.9 Å². The maximum Gasteiger partial charge on any atom is 0.416 e. The molecule has 1 aliphatic heterocycles. The number of nitrogens with two attached hydrogens (primary N) is 1. The fraction of sp³-hybridized carbons (Fsp3) is 0.636. The van der Waals surface area contributed by atoms with Gasteiger partial charge in [-0.3, -0.25) is 4.79 Å². The molecule has 1 aromatic rings. The number of rotatable bonds is 11. The van der Waals surface area contributed by atoms with Gasteiger partial charge in [0.15, 0.2) is 0 Å². The third-order valence-electron chi connectivity index (χ3n) is 5.67. The van der Waals surface area contributed by atoms with E-state index in [1.54, 1.807) is 0 Å². The van der Waals surface area contributed by atoms with Gasteiger partial charge in [-0.05, 0) is 62.5 Å². The fourth-order valence-electron chi connectivity index (χ4n) is 3.86. The number of hydrogen-bond donors (Lipinski definition) is 4. The van der Waals surface area contributed by atoms with E-state index in [1.165, 1.54) is 6.42 Å². The number of benzene rings is 1. The SMILES string of the molecule is NC(=O)NCCC[C@H](NCCN1CCCCC1)C(=O)NCc1cc(C(F)(F)F)cc(C(F)(F)F)c1. The Bertz CT molecular complexity index is 808. The van der Waals surface area contributed by atoms with Gasteiger partial charge in [0, 0.05) is 26.2 Å². The predicted molar refractivity (Wildman–Crippen MR) is 117 cm³/mol. The van der Waals surface area contributed by atoms with E-state index in [2.05, 4.69) is 20.9 Å². The number of nitrogens with one attached hydrogen (secondary N) is 3. The van der Waals surface area contributed by atoms with Crippen molar-refractivity contribution in [3.8, 4) is 0 Å². The number of nitrogens with zero attached hydrogens (tertiary/aromatic N) is 1. The van der Waals surface area contributed by atoms with E-state index >= 15 is 0 Å². The van der Waals surface area contributed by atoms with Gasteiger partial charge in [-0.1, -0.05) is 6.42 Å². The van der Waals surface area contributed by atoms with Crippen LogP contribution in [0.1, 0.15) is 48.8 Å². The second kappa shape index (κ2) is 13.0. The first kappa shape index (κ1) is 28.7. The average Bonchev–Trinajstić information content (AvgIpc) is 2.78. The Morgan fingerprint density at radius 1 is 0.914 bits per heavy atom. The molecule has 198 valence electrons. The van der Waals surface area contributed by atoms with Gasteiger partial charge < -0.3 is 26.6 Å². The third kappa shape index (κ3) is 10.3. The van der Waals surface area contributed by atoms with E-state index in [1.807, 2.05) is 0 Å². The van der Waals surface area contributed by atoms with Crippen molar-refractivity contribution in [2.75, 3.05) is 32.7 Å². The molecule has 13 heteroatoms. The Hall–Kier alpha value is -2.54. The molecule has 0 aliphatic carbocycles. The second-order valence-corrected chi connectivity index (χ2v) is 8.47. The number of hydrogen-bond acceptors (Lipinski definition) is 4. The summed E-state index contributed by atoms with van der Waals surface area (Å²) in [6.45, 7) is 2.80. The lowest BCUT2D eigenvalue weighted by Gasteiger charge is -2.27. The molecule has 2 rings (SSSR count). The molecule has 0 saturated carbocycles. The van der Waals surface area contributed by atoms with Crippen molar-refractivity contribution in [1.29, 1.82) is 0 Å². The molecule has 0 radical (unpaired) electrons. The van der Waals surface area contributed by atoms with Crippen molar-refractivity contribution < 1.29 is 35.9 Å². The van der Waals surface area contributed by atoms with Crippen LogP contribution < -0.4 is 21.7 Å². The van der Waals surface area contributed by atoms with Crippen LogP contribution >= 0.6 is 0 Å². The smallest absolute Gasteiger partial charge is 0.352 e. The van der Waals surface area contributed by atoms with Crippen LogP contribution in [0.15, 0.2) is 18.2 Å². The molecule has 0 aromatic heterocycles. The summed E-state index contributed by atoms with van der Waals surface area (Å²) in [5.41, 5.74) is 1.82. The van der Waals surface area contributed by atoms with Gasteiger partial charge in [0.25, 0.3) is 0 Å². The summed E-state index contributed by atoms with van der Waals surface area (Å²) in [5, 5.41) is 7.94. The van der Waals surface area contributed by atoms with Crippen molar-refractivity contribution in [3.05, 3.63) is 34.9 Å². The van der Waals surface area contributed by atoms with Crippen LogP contribution in [0.5, 0.6) is 0 Å². The highest BCUT2D eigenvalue weighted by Gasteiger charge is 2.37. The number of halogens is 6. The predicted octanol–water partition coefficient (Wildman–Crippen LogP) is 3.23. The maximum absolute atomic E-state index is 13.1. The number of amides is 3. The molecular weight excluding hydrogens is 480 g/mol. The van der Waals surface area contributed by atoms with Gasteiger partial charge in [-0.15, -0.1) is 0 Å². The van der Waals surface area contributed by atoms with Crippen molar-refractivity contribution in [3.63, 3.8) is 0 Å². The molecule has 1 saturated heterocycles. The average molecular weight is 512 g/mol. The molecule has 1 aromatic carbocycles. The summed E-state index contributed by atoms with van der Waals surface area (Å²) in [7, 11) is 0. The molecule has 1 heterocycles. The number of carbonyl (C=O) groups is 2. The lowest BCUT2D eigenvalue weighted by atomic mass is 10.0. The van der Waals surface area contributed by atoms with Gasteiger partial charge in [0.05, 0.1) is 17.2 Å². The zero-order valence-corrected chi connectivity index (χ0v) is 19.2. The molecule has 1 fully saturated rings. The van der Waals surface area contributed by atoms with Crippen LogP contribution in [0, 0.1) is 0 Å². The number of urea groups is 1. The standard InChI is InChI=1S/C22H31F6N5O2/c23-21(24,25)16-11-15(12-17(13-16)22(26,27)28)14-32-19(34)18(5-4-6-31-20(29)35)30-7-10-33-8-2-1-3-9-33/h11-13,18,30H,1-10,14H2,(H,32,34)(H3,29,31,35)/t18-/m0/s1. The van der Waals surface area contributed by atoms with E-state index in [0.29, 0.717) is 31.6 Å². The Morgan fingerprint density at radius 2 is 1.51 bits per heavy atom. The van der Waals surface area contributed by atoms with Gasteiger partial charge in [0.2, 0.25) is 5.91 Å². The highest BCUT2D eigenvalue weighted by Crippen LogP contribution is 2.36. The number of piperidine rings is 1. The van der Waals surface area contributed by atoms with Crippen molar-refractivity contribution in [1.82, 2.24) is 20.9 Å². The minimum atomic E-state index is -4.97. The van der Waals surface area contributed by atoms with Gasteiger partial charge >= 0.3 is 18.4 Å². The number of carbonyl (C=O) groups excluding carboxylic acids is 2. The molecule has 1 atom stereocenters. The molecular formula is C22H31F6N5O2. The van der Waals surface area contributed by atoms with Crippen LogP contribution in [-0.4, -0.2) is 55.6 Å². The monoisotopic (exact) mass is 511 g/mol. The van der Waals surface area contributed by atoms with E-state index in [-0.39, 0.29) is 24.6 Å². The Balaban J connectivity index is 2.02. The van der Waals surface area contributed by atoms with Crippen molar-refractivity contribution in [2.45, 2.75) is 57.0 Å². The minimum absolute atomic E-state index is 0.0437. The largest absolute Gasteiger partial charge is 0.416 e. The minimum Gasteiger partial charge on any atom is -0.352 e. The molecule has 0 spiro atoms. The first-order valence-corrected chi connectivity index (χ1v) is 11.4. The number of primary amides is 1. The fourth-order valence-corrected chi connectivity index (χ4v) is 3.86. The summed E-state index contributed by atoms with van der Waals surface area (Å²) < 4.78 is 78.5. The van der Waals surface area contributed by atoms with E-state index < -0.39 is 48.0 Å². The summed E-state index contributed by atoms with van der Waals surface area (Å²) in [5.74, 6) is -0.561. The second-order valence-electron chi connectivity index (χ2n) is 8.47. The van der Waals surface area contributed by atoms with E-state index in [4.69, 9.17) is 5.73 Å². The lowest BCUT2D eigenvalue weighted by molar-refractivity contribution is -0.143. The molecule has 1 aliphatic rings. The third-order valence-corrected chi connectivity index (χ3v) is 5.67. The maximum atomic E-state index is 13.1. The zero-order valence-electron chi connectivity index (χ0n) is 19.2. The lowest BCUT2D eigenvalue weighted by Crippen LogP contribution is -2.47. The van der Waals surface area contributed by atoms with Crippen LogP contribution in [0.4, 0.5) is 31.1 Å². The zero-order chi connectivity index (χ0) is 26.1. The first-order valence-electron chi connectivity index (χ1n) is 11.4. The van der Waals surface area contributed by atoms with Crippen LogP contribution in [0.3, 0.4) is 0 Å². The topological polar surface area (TPSA) is 99.5 Å². The van der Waals surface area contributed by atoms with Crippen molar-refractivity contribution >= 4 is 11.9 Å². The Morgan fingerprint density at radius 3 is 2.06 bits per heavy atom. The quantitative estimate of drug-likeness (QED) is 0.271. The van der Waals surface area contributed by atoms with Gasteiger partial charge in [0.1, 0.15) is 0 Å². The summed E-state index contributed by atoms with van der Waals surface area (Å²) in [6.07, 6.45) is -5.90. The summed E-state index contributed by atoms with van der Waals surface area (Å²) in [4.78, 5) is 25.8. The van der Waals surface area contributed by atoms with Gasteiger partial charge in [-0.25, -0.2) is 4.79 Å². The Kier molecular flexibility index (Phi) is 10.6.